The molecule has 4 rings (SSSR count). The summed E-state index contributed by atoms with van der Waals surface area (Å²) < 4.78 is 29.4. The summed E-state index contributed by atoms with van der Waals surface area (Å²) in [6.07, 6.45) is 0.659. The Morgan fingerprint density at radius 1 is 1.00 bits per heavy atom. The van der Waals surface area contributed by atoms with Crippen molar-refractivity contribution < 1.29 is 8.42 Å². The van der Waals surface area contributed by atoms with Gasteiger partial charge in [0.25, 0.3) is 0 Å². The van der Waals surface area contributed by atoms with Crippen molar-refractivity contribution in [2.45, 2.75) is 32.1 Å². The molecule has 0 unspecified atom stereocenters. The van der Waals surface area contributed by atoms with Crippen LogP contribution in [0.25, 0.3) is 16.7 Å². The average Bonchev–Trinajstić information content (AvgIpc) is 3.13. The first kappa shape index (κ1) is 23.2. The zero-order chi connectivity index (χ0) is 23.6. The average molecular weight is 485 g/mol. The molecular formula is C23H25ClN6O2S. The number of fused-ring (bicyclic) bond motifs is 1. The lowest BCUT2D eigenvalue weighted by atomic mass is 10.2. The van der Waals surface area contributed by atoms with Gasteiger partial charge in [0.2, 0.25) is 10.0 Å². The maximum atomic E-state index is 12.5. The van der Waals surface area contributed by atoms with E-state index in [4.69, 9.17) is 21.7 Å². The number of para-hydroxylation sites is 1. The van der Waals surface area contributed by atoms with Crippen molar-refractivity contribution in [2.75, 3.05) is 18.4 Å². The van der Waals surface area contributed by atoms with Crippen molar-refractivity contribution in [1.29, 1.82) is 0 Å². The van der Waals surface area contributed by atoms with Gasteiger partial charge < -0.3 is 5.32 Å². The van der Waals surface area contributed by atoms with Crippen molar-refractivity contribution in [2.24, 2.45) is 0 Å². The molecule has 172 valence electrons. The van der Waals surface area contributed by atoms with E-state index in [2.05, 4.69) is 15.0 Å². The Morgan fingerprint density at radius 3 is 2.42 bits per heavy atom. The molecular weight excluding hydrogens is 460 g/mol. The smallest absolute Gasteiger partial charge is 0.240 e. The highest BCUT2D eigenvalue weighted by atomic mass is 35.5. The van der Waals surface area contributed by atoms with Crippen LogP contribution in [0.1, 0.15) is 24.0 Å². The molecule has 0 fully saturated rings. The fourth-order valence-electron chi connectivity index (χ4n) is 3.55. The number of nitrogens with one attached hydrogen (secondary N) is 2. The molecule has 2 heterocycles. The van der Waals surface area contributed by atoms with Gasteiger partial charge in [-0.2, -0.15) is 5.10 Å². The Hall–Kier alpha value is -3.01. The monoisotopic (exact) mass is 484 g/mol. The molecule has 0 saturated heterocycles. The minimum atomic E-state index is -3.63. The van der Waals surface area contributed by atoms with Crippen molar-refractivity contribution in [1.82, 2.24) is 24.5 Å². The number of hydrogen-bond donors (Lipinski definition) is 2. The first-order valence-corrected chi connectivity index (χ1v) is 12.5. The normalized spacial score (nSPS) is 11.8. The SMILES string of the molecule is CCc1nc(NCCNS(=O)(=O)c2ccc(Cl)cc2)c2c(C)nn(-c3ccccc3C)c2n1. The van der Waals surface area contributed by atoms with E-state index in [0.29, 0.717) is 29.6 Å². The minimum Gasteiger partial charge on any atom is -0.368 e. The molecule has 0 aliphatic rings. The van der Waals surface area contributed by atoms with Gasteiger partial charge in [-0.05, 0) is 49.7 Å². The quantitative estimate of drug-likeness (QED) is 0.366. The van der Waals surface area contributed by atoms with Crippen LogP contribution < -0.4 is 10.0 Å². The van der Waals surface area contributed by atoms with Crippen LogP contribution in [0.4, 0.5) is 5.82 Å². The van der Waals surface area contributed by atoms with Gasteiger partial charge in [-0.15, -0.1) is 0 Å². The molecule has 33 heavy (non-hydrogen) atoms. The number of benzene rings is 2. The number of aryl methyl sites for hydroxylation is 3. The molecule has 8 nitrogen and oxygen atoms in total. The van der Waals surface area contributed by atoms with E-state index in [9.17, 15) is 8.42 Å². The van der Waals surface area contributed by atoms with Crippen LogP contribution in [0.3, 0.4) is 0 Å². The summed E-state index contributed by atoms with van der Waals surface area (Å²) >= 11 is 5.85. The molecule has 0 spiro atoms. The van der Waals surface area contributed by atoms with Gasteiger partial charge in [0.05, 0.1) is 21.7 Å². The molecule has 0 aliphatic carbocycles. The van der Waals surface area contributed by atoms with Gasteiger partial charge in [-0.3, -0.25) is 0 Å². The van der Waals surface area contributed by atoms with Crippen LogP contribution >= 0.6 is 11.6 Å². The Balaban J connectivity index is 1.58. The van der Waals surface area contributed by atoms with E-state index in [0.717, 1.165) is 28.0 Å². The van der Waals surface area contributed by atoms with Crippen LogP contribution in [-0.4, -0.2) is 41.3 Å². The summed E-state index contributed by atoms with van der Waals surface area (Å²) in [5.41, 5.74) is 3.56. The van der Waals surface area contributed by atoms with Crippen molar-refractivity contribution in [3.63, 3.8) is 0 Å². The van der Waals surface area contributed by atoms with Gasteiger partial charge in [0.1, 0.15) is 11.6 Å². The summed E-state index contributed by atoms with van der Waals surface area (Å²) in [7, 11) is -3.63. The Morgan fingerprint density at radius 2 is 1.73 bits per heavy atom. The van der Waals surface area contributed by atoms with Gasteiger partial charge in [0.15, 0.2) is 5.65 Å². The molecule has 2 aromatic heterocycles. The lowest BCUT2D eigenvalue weighted by Crippen LogP contribution is -2.29. The molecule has 2 aromatic carbocycles. The molecule has 10 heteroatoms. The van der Waals surface area contributed by atoms with E-state index < -0.39 is 10.0 Å². The summed E-state index contributed by atoms with van der Waals surface area (Å²) in [5.74, 6) is 1.32. The number of aromatic nitrogens is 4. The van der Waals surface area contributed by atoms with Crippen molar-refractivity contribution in [3.8, 4) is 5.69 Å². The van der Waals surface area contributed by atoms with Crippen molar-refractivity contribution >= 4 is 38.5 Å². The highest BCUT2D eigenvalue weighted by Gasteiger charge is 2.18. The highest BCUT2D eigenvalue weighted by Crippen LogP contribution is 2.27. The lowest BCUT2D eigenvalue weighted by Gasteiger charge is -2.11. The van der Waals surface area contributed by atoms with Gasteiger partial charge >= 0.3 is 0 Å². The summed E-state index contributed by atoms with van der Waals surface area (Å²) in [6.45, 7) is 6.47. The molecule has 0 saturated carbocycles. The third kappa shape index (κ3) is 4.85. The largest absolute Gasteiger partial charge is 0.368 e. The first-order valence-electron chi connectivity index (χ1n) is 10.6. The topological polar surface area (TPSA) is 102 Å². The van der Waals surface area contributed by atoms with Crippen molar-refractivity contribution in [3.05, 3.63) is 70.6 Å². The zero-order valence-corrected chi connectivity index (χ0v) is 20.2. The predicted octanol–water partition coefficient (Wildman–Crippen LogP) is 4.04. The van der Waals surface area contributed by atoms with Crippen LogP contribution in [0, 0.1) is 13.8 Å². The van der Waals surface area contributed by atoms with E-state index in [1.54, 1.807) is 12.1 Å². The van der Waals surface area contributed by atoms with Crippen LogP contribution in [0.5, 0.6) is 0 Å². The Labute approximate surface area is 198 Å². The minimum absolute atomic E-state index is 0.167. The molecule has 2 N–H and O–H groups in total. The van der Waals surface area contributed by atoms with E-state index in [-0.39, 0.29) is 11.4 Å². The Kier molecular flexibility index (Phi) is 6.64. The fraction of sp³-hybridized carbons (Fsp3) is 0.261. The molecule has 0 radical (unpaired) electrons. The number of nitrogens with zero attached hydrogens (tertiary/aromatic N) is 4. The molecule has 0 aliphatic heterocycles. The second kappa shape index (κ2) is 9.46. The molecule has 4 aromatic rings. The predicted molar refractivity (Wildman–Crippen MR) is 131 cm³/mol. The third-order valence-corrected chi connectivity index (χ3v) is 6.97. The zero-order valence-electron chi connectivity index (χ0n) is 18.6. The van der Waals surface area contributed by atoms with Gasteiger partial charge in [-0.1, -0.05) is 36.7 Å². The standard InChI is InChI=1S/C23H25ClN6O2S/c1-4-20-27-22(25-13-14-26-33(31,32)18-11-9-17(24)10-12-18)21-16(3)29-30(23(21)28-20)19-8-6-5-7-15(19)2/h5-12,26H,4,13-14H2,1-3H3,(H,25,27,28). The maximum Gasteiger partial charge on any atom is 0.240 e. The summed E-state index contributed by atoms with van der Waals surface area (Å²) in [6, 6.07) is 14.0. The molecule has 0 bridgehead atoms. The van der Waals surface area contributed by atoms with E-state index in [1.807, 2.05) is 49.7 Å². The summed E-state index contributed by atoms with van der Waals surface area (Å²) in [5, 5.41) is 9.29. The second-order valence-electron chi connectivity index (χ2n) is 7.60. The highest BCUT2D eigenvalue weighted by molar-refractivity contribution is 7.89. The van der Waals surface area contributed by atoms with E-state index >= 15 is 0 Å². The number of anilines is 1. The first-order chi connectivity index (χ1) is 15.8. The maximum absolute atomic E-state index is 12.5. The number of sulfonamides is 1. The number of halogens is 1. The molecule has 0 atom stereocenters. The van der Waals surface area contributed by atoms with E-state index in [1.165, 1.54) is 12.1 Å². The second-order valence-corrected chi connectivity index (χ2v) is 9.81. The van der Waals surface area contributed by atoms with Crippen LogP contribution in [0.2, 0.25) is 5.02 Å². The van der Waals surface area contributed by atoms with Gasteiger partial charge in [-0.25, -0.2) is 27.8 Å². The lowest BCUT2D eigenvalue weighted by molar-refractivity contribution is 0.583. The summed E-state index contributed by atoms with van der Waals surface area (Å²) in [4.78, 5) is 9.54. The number of rotatable bonds is 8. The number of hydrogen-bond acceptors (Lipinski definition) is 6. The van der Waals surface area contributed by atoms with Gasteiger partial charge in [0, 0.05) is 24.5 Å². The fourth-order valence-corrected chi connectivity index (χ4v) is 4.70. The van der Waals surface area contributed by atoms with Crippen LogP contribution in [0.15, 0.2) is 53.4 Å². The Bertz CT molecular complexity index is 1400. The molecule has 0 amide bonds. The third-order valence-electron chi connectivity index (χ3n) is 5.24. The van der Waals surface area contributed by atoms with Crippen LogP contribution in [-0.2, 0) is 16.4 Å².